The lowest BCUT2D eigenvalue weighted by molar-refractivity contribution is 0.00998. The molecule has 1 saturated heterocycles. The second kappa shape index (κ2) is 5.96. The van der Waals surface area contributed by atoms with Gasteiger partial charge in [-0.3, -0.25) is 4.90 Å². The van der Waals surface area contributed by atoms with Crippen molar-refractivity contribution in [1.82, 2.24) is 10.2 Å². The number of rotatable bonds is 3. The van der Waals surface area contributed by atoms with E-state index in [0.29, 0.717) is 22.9 Å². The highest BCUT2D eigenvalue weighted by Crippen LogP contribution is 2.47. The van der Waals surface area contributed by atoms with E-state index in [2.05, 4.69) is 51.8 Å². The van der Waals surface area contributed by atoms with Gasteiger partial charge in [0.05, 0.1) is 0 Å². The average Bonchev–Trinajstić information content (AvgIpc) is 2.24. The van der Waals surface area contributed by atoms with Gasteiger partial charge in [-0.2, -0.15) is 0 Å². The summed E-state index contributed by atoms with van der Waals surface area (Å²) in [7, 11) is 0. The van der Waals surface area contributed by atoms with Crippen molar-refractivity contribution in [3.8, 4) is 0 Å². The van der Waals surface area contributed by atoms with Crippen molar-refractivity contribution in [3.05, 3.63) is 0 Å². The monoisotopic (exact) mass is 280 g/mol. The molecule has 1 saturated carbocycles. The highest BCUT2D eigenvalue weighted by molar-refractivity contribution is 4.95. The van der Waals surface area contributed by atoms with Crippen LogP contribution in [0.2, 0.25) is 0 Å². The third-order valence-electron chi connectivity index (χ3n) is 5.07. The molecule has 2 rings (SSSR count). The van der Waals surface area contributed by atoms with Crippen LogP contribution >= 0.6 is 0 Å². The van der Waals surface area contributed by atoms with Crippen molar-refractivity contribution in [2.75, 3.05) is 13.1 Å². The first kappa shape index (κ1) is 16.3. The Labute approximate surface area is 126 Å². The van der Waals surface area contributed by atoms with Crippen LogP contribution in [-0.2, 0) is 0 Å². The number of nitrogens with zero attached hydrogens (tertiary/aromatic N) is 1. The van der Waals surface area contributed by atoms with Crippen LogP contribution in [0.3, 0.4) is 0 Å². The summed E-state index contributed by atoms with van der Waals surface area (Å²) in [5, 5.41) is 3.75. The van der Waals surface area contributed by atoms with Gasteiger partial charge in [0, 0.05) is 24.7 Å². The maximum atomic E-state index is 3.75. The second-order valence-electron chi connectivity index (χ2n) is 9.22. The summed E-state index contributed by atoms with van der Waals surface area (Å²) in [6.07, 6.45) is 6.85. The number of hydrogen-bond donors (Lipinski definition) is 1. The minimum atomic E-state index is 0.505. The predicted molar refractivity (Wildman–Crippen MR) is 88.1 cm³/mol. The van der Waals surface area contributed by atoms with E-state index in [1.54, 1.807) is 0 Å². The van der Waals surface area contributed by atoms with Crippen molar-refractivity contribution >= 4 is 0 Å². The van der Waals surface area contributed by atoms with Gasteiger partial charge in [-0.1, -0.05) is 41.5 Å². The van der Waals surface area contributed by atoms with Crippen LogP contribution in [0.15, 0.2) is 0 Å². The molecule has 0 aromatic heterocycles. The van der Waals surface area contributed by atoms with E-state index in [1.807, 2.05) is 0 Å². The van der Waals surface area contributed by atoms with Crippen molar-refractivity contribution in [2.45, 2.75) is 91.8 Å². The molecule has 2 aliphatic rings. The molecular weight excluding hydrogens is 244 g/mol. The highest BCUT2D eigenvalue weighted by Gasteiger charge is 2.41. The Morgan fingerprint density at radius 1 is 1.05 bits per heavy atom. The van der Waals surface area contributed by atoms with E-state index in [4.69, 9.17) is 0 Å². The summed E-state index contributed by atoms with van der Waals surface area (Å²) >= 11 is 0. The van der Waals surface area contributed by atoms with Crippen LogP contribution < -0.4 is 5.32 Å². The molecule has 1 aliphatic carbocycles. The van der Waals surface area contributed by atoms with Crippen LogP contribution in [0.4, 0.5) is 0 Å². The maximum absolute atomic E-state index is 3.75. The van der Waals surface area contributed by atoms with Gasteiger partial charge >= 0.3 is 0 Å². The third kappa shape index (κ3) is 4.46. The summed E-state index contributed by atoms with van der Waals surface area (Å²) in [5.74, 6) is 0. The first-order valence-corrected chi connectivity index (χ1v) is 8.67. The Kier molecular flexibility index (Phi) is 4.86. The zero-order valence-corrected chi connectivity index (χ0v) is 14.6. The Balaban J connectivity index is 1.99. The number of piperidine rings is 1. The SMILES string of the molecule is CC(C)NC1CCCN(C2CC(C)(C)CC(C)(C)C2)C1. The van der Waals surface area contributed by atoms with Gasteiger partial charge in [-0.25, -0.2) is 0 Å². The molecule has 0 radical (unpaired) electrons. The molecule has 2 heteroatoms. The van der Waals surface area contributed by atoms with E-state index >= 15 is 0 Å². The van der Waals surface area contributed by atoms with Gasteiger partial charge in [0.2, 0.25) is 0 Å². The summed E-state index contributed by atoms with van der Waals surface area (Å²) < 4.78 is 0. The van der Waals surface area contributed by atoms with Gasteiger partial charge in [-0.05, 0) is 49.5 Å². The normalized spacial score (nSPS) is 31.6. The van der Waals surface area contributed by atoms with Crippen molar-refractivity contribution < 1.29 is 0 Å². The summed E-state index contributed by atoms with van der Waals surface area (Å²) in [6.45, 7) is 17.0. The summed E-state index contributed by atoms with van der Waals surface area (Å²) in [4.78, 5) is 2.80. The molecule has 2 nitrogen and oxygen atoms in total. The molecule has 0 spiro atoms. The summed E-state index contributed by atoms with van der Waals surface area (Å²) in [6, 6.07) is 2.11. The van der Waals surface area contributed by atoms with Crippen LogP contribution in [0.1, 0.15) is 73.6 Å². The molecule has 0 amide bonds. The Hall–Kier alpha value is -0.0800. The molecule has 1 aliphatic heterocycles. The van der Waals surface area contributed by atoms with Crippen molar-refractivity contribution in [2.24, 2.45) is 10.8 Å². The quantitative estimate of drug-likeness (QED) is 0.839. The van der Waals surface area contributed by atoms with Gasteiger partial charge < -0.3 is 5.32 Å². The Bertz CT molecular complexity index is 303. The first-order valence-electron chi connectivity index (χ1n) is 8.67. The fourth-order valence-corrected chi connectivity index (χ4v) is 4.99. The lowest BCUT2D eigenvalue weighted by atomic mass is 9.63. The zero-order valence-electron chi connectivity index (χ0n) is 14.6. The van der Waals surface area contributed by atoms with E-state index < -0.39 is 0 Å². The molecule has 0 bridgehead atoms. The van der Waals surface area contributed by atoms with Crippen LogP contribution in [-0.4, -0.2) is 36.1 Å². The lowest BCUT2D eigenvalue weighted by Gasteiger charge is -2.50. The average molecular weight is 281 g/mol. The van der Waals surface area contributed by atoms with Crippen LogP contribution in [0, 0.1) is 10.8 Å². The maximum Gasteiger partial charge on any atom is 0.0197 e. The molecule has 1 unspecified atom stereocenters. The largest absolute Gasteiger partial charge is 0.311 e. The standard InChI is InChI=1S/C18H36N2/c1-14(2)19-15-8-7-9-20(12-15)16-10-17(3,4)13-18(5,6)11-16/h14-16,19H,7-13H2,1-6H3. The van der Waals surface area contributed by atoms with Gasteiger partial charge in [0.1, 0.15) is 0 Å². The molecule has 20 heavy (non-hydrogen) atoms. The molecule has 1 N–H and O–H groups in total. The first-order chi connectivity index (χ1) is 9.17. The second-order valence-corrected chi connectivity index (χ2v) is 9.22. The van der Waals surface area contributed by atoms with E-state index in [-0.39, 0.29) is 0 Å². The van der Waals surface area contributed by atoms with Gasteiger partial charge in [0.15, 0.2) is 0 Å². The Morgan fingerprint density at radius 3 is 2.20 bits per heavy atom. The van der Waals surface area contributed by atoms with Crippen molar-refractivity contribution in [3.63, 3.8) is 0 Å². The molecule has 1 heterocycles. The summed E-state index contributed by atoms with van der Waals surface area (Å²) in [5.41, 5.74) is 1.01. The number of hydrogen-bond acceptors (Lipinski definition) is 2. The minimum Gasteiger partial charge on any atom is -0.311 e. The van der Waals surface area contributed by atoms with E-state index in [1.165, 1.54) is 45.2 Å². The molecule has 118 valence electrons. The van der Waals surface area contributed by atoms with E-state index in [9.17, 15) is 0 Å². The smallest absolute Gasteiger partial charge is 0.0197 e. The zero-order chi connectivity index (χ0) is 15.0. The molecule has 2 fully saturated rings. The molecule has 0 aromatic rings. The van der Waals surface area contributed by atoms with Gasteiger partial charge in [-0.15, -0.1) is 0 Å². The molecular formula is C18H36N2. The number of nitrogens with one attached hydrogen (secondary N) is 1. The Morgan fingerprint density at radius 2 is 1.65 bits per heavy atom. The minimum absolute atomic E-state index is 0.505. The van der Waals surface area contributed by atoms with E-state index in [0.717, 1.165) is 6.04 Å². The predicted octanol–water partition coefficient (Wildman–Crippen LogP) is 4.05. The van der Waals surface area contributed by atoms with Crippen LogP contribution in [0.25, 0.3) is 0 Å². The number of likely N-dealkylation sites (tertiary alicyclic amines) is 1. The van der Waals surface area contributed by atoms with Crippen LogP contribution in [0.5, 0.6) is 0 Å². The fourth-order valence-electron chi connectivity index (χ4n) is 4.99. The topological polar surface area (TPSA) is 15.3 Å². The fraction of sp³-hybridized carbons (Fsp3) is 1.00. The highest BCUT2D eigenvalue weighted by atomic mass is 15.2. The lowest BCUT2D eigenvalue weighted by Crippen LogP contribution is -2.54. The molecule has 0 aromatic carbocycles. The third-order valence-corrected chi connectivity index (χ3v) is 5.07. The van der Waals surface area contributed by atoms with Gasteiger partial charge in [0.25, 0.3) is 0 Å². The molecule has 1 atom stereocenters. The van der Waals surface area contributed by atoms with Crippen molar-refractivity contribution in [1.29, 1.82) is 0 Å².